The summed E-state index contributed by atoms with van der Waals surface area (Å²) in [4.78, 5) is 42.1. The van der Waals surface area contributed by atoms with Crippen molar-refractivity contribution >= 4 is 39.0 Å². The summed E-state index contributed by atoms with van der Waals surface area (Å²) in [5.74, 6) is 0.322. The van der Waals surface area contributed by atoms with E-state index in [1.54, 1.807) is 27.8 Å². The zero-order valence-electron chi connectivity index (χ0n) is 20.5. The fourth-order valence-corrected chi connectivity index (χ4v) is 5.06. The number of likely N-dealkylation sites (tertiary alicyclic amines) is 1. The number of aromatic amines is 2. The van der Waals surface area contributed by atoms with Gasteiger partial charge in [0, 0.05) is 30.0 Å². The number of benzene rings is 2. The molecule has 0 atom stereocenters. The SMILES string of the molecule is CC(C)n1[nH]c(=O)c2c(-c3ccc(OCCN4CCCC4=O)cc3)c3oc4c(O)c(=O)ccc4c3[nH]c21. The molecule has 0 aliphatic carbocycles. The first-order chi connectivity index (χ1) is 17.8. The van der Waals surface area contributed by atoms with Gasteiger partial charge in [-0.1, -0.05) is 12.1 Å². The highest BCUT2D eigenvalue weighted by molar-refractivity contribution is 6.15. The van der Waals surface area contributed by atoms with Crippen molar-refractivity contribution in [3.63, 3.8) is 0 Å². The summed E-state index contributed by atoms with van der Waals surface area (Å²) in [6.07, 6.45) is 1.48. The Bertz CT molecular complexity index is 1790. The van der Waals surface area contributed by atoms with E-state index in [4.69, 9.17) is 9.15 Å². The Morgan fingerprint density at radius 3 is 2.57 bits per heavy atom. The van der Waals surface area contributed by atoms with Crippen molar-refractivity contribution in [3.8, 4) is 22.6 Å². The van der Waals surface area contributed by atoms with Crippen LogP contribution in [0, 0.1) is 0 Å². The van der Waals surface area contributed by atoms with Gasteiger partial charge in [-0.05, 0) is 50.1 Å². The molecule has 0 spiro atoms. The number of carbonyl (C=O) groups excluding carboxylic acids is 1. The van der Waals surface area contributed by atoms with E-state index in [1.807, 2.05) is 26.0 Å². The Hall–Kier alpha value is -4.47. The second-order valence-corrected chi connectivity index (χ2v) is 9.58. The van der Waals surface area contributed by atoms with E-state index >= 15 is 0 Å². The molecule has 2 aromatic carbocycles. The highest BCUT2D eigenvalue weighted by Crippen LogP contribution is 2.40. The van der Waals surface area contributed by atoms with Gasteiger partial charge < -0.3 is 24.1 Å². The zero-order valence-corrected chi connectivity index (χ0v) is 20.5. The highest BCUT2D eigenvalue weighted by Gasteiger charge is 2.24. The number of H-pyrrole nitrogens is 2. The highest BCUT2D eigenvalue weighted by atomic mass is 16.5. The number of pyridine rings is 1. The van der Waals surface area contributed by atoms with Crippen LogP contribution in [-0.2, 0) is 4.79 Å². The van der Waals surface area contributed by atoms with E-state index in [9.17, 15) is 19.5 Å². The molecule has 6 rings (SSSR count). The molecule has 10 heteroatoms. The van der Waals surface area contributed by atoms with Gasteiger partial charge in [0.15, 0.2) is 11.2 Å². The number of hydrogen-bond acceptors (Lipinski definition) is 6. The van der Waals surface area contributed by atoms with Gasteiger partial charge in [-0.25, -0.2) is 0 Å². The summed E-state index contributed by atoms with van der Waals surface area (Å²) in [5, 5.41) is 14.2. The first kappa shape index (κ1) is 23.0. The Kier molecular flexibility index (Phi) is 5.32. The van der Waals surface area contributed by atoms with Gasteiger partial charge >= 0.3 is 0 Å². The average molecular weight is 503 g/mol. The number of furan rings is 1. The van der Waals surface area contributed by atoms with Gasteiger partial charge in [-0.3, -0.25) is 24.2 Å². The van der Waals surface area contributed by atoms with Crippen molar-refractivity contribution in [3.05, 3.63) is 57.0 Å². The number of phenols is 1. The molecule has 1 aliphatic rings. The summed E-state index contributed by atoms with van der Waals surface area (Å²) in [7, 11) is 0. The van der Waals surface area contributed by atoms with E-state index in [-0.39, 0.29) is 23.1 Å². The molecular formula is C27H26N4O6. The topological polar surface area (TPSA) is 134 Å². The van der Waals surface area contributed by atoms with Crippen LogP contribution in [0.5, 0.6) is 11.5 Å². The zero-order chi connectivity index (χ0) is 25.8. The van der Waals surface area contributed by atoms with Gasteiger partial charge in [0.2, 0.25) is 17.1 Å². The number of nitrogens with zero attached hydrogens (tertiary/aromatic N) is 2. The molecule has 0 saturated carbocycles. The molecule has 1 aliphatic heterocycles. The molecule has 5 aromatic rings. The average Bonchev–Trinajstić information content (AvgIpc) is 3.56. The lowest BCUT2D eigenvalue weighted by molar-refractivity contribution is -0.128. The second-order valence-electron chi connectivity index (χ2n) is 9.58. The molecule has 0 radical (unpaired) electrons. The standard InChI is InChI=1S/C27H26N4O6/c1-14(2)31-26-21(27(35)29-31)20(25-22(28-26)17-9-10-18(32)23(34)24(17)37-25)15-5-7-16(8-6-15)36-13-12-30-11-3-4-19(30)33/h5-10,14,28,34H,3-4,11-13H2,1-2H3,(H,29,35). The monoisotopic (exact) mass is 502 g/mol. The number of carbonyl (C=O) groups is 1. The van der Waals surface area contributed by atoms with Gasteiger partial charge in [0.1, 0.15) is 18.0 Å². The lowest BCUT2D eigenvalue weighted by atomic mass is 10.0. The van der Waals surface area contributed by atoms with Gasteiger partial charge in [0.25, 0.3) is 5.56 Å². The number of aromatic hydroxyl groups is 1. The maximum absolute atomic E-state index is 13.1. The van der Waals surface area contributed by atoms with Crippen molar-refractivity contribution in [2.75, 3.05) is 19.7 Å². The summed E-state index contributed by atoms with van der Waals surface area (Å²) < 4.78 is 13.6. The molecule has 0 bridgehead atoms. The summed E-state index contributed by atoms with van der Waals surface area (Å²) >= 11 is 0. The van der Waals surface area contributed by atoms with Crippen LogP contribution in [-0.4, -0.2) is 50.4 Å². The van der Waals surface area contributed by atoms with Crippen molar-refractivity contribution < 1.29 is 19.1 Å². The van der Waals surface area contributed by atoms with Crippen LogP contribution in [0.3, 0.4) is 0 Å². The van der Waals surface area contributed by atoms with E-state index in [2.05, 4.69) is 10.1 Å². The number of amides is 1. The molecule has 10 nitrogen and oxygen atoms in total. The fraction of sp³-hybridized carbons (Fsp3) is 0.296. The number of phenolic OH excluding ortho intramolecular Hbond substituents is 1. The number of fused-ring (bicyclic) bond motifs is 4. The maximum atomic E-state index is 13.1. The second kappa shape index (κ2) is 8.58. The number of ether oxygens (including phenoxy) is 1. The molecule has 0 unspecified atom stereocenters. The smallest absolute Gasteiger partial charge is 0.274 e. The largest absolute Gasteiger partial charge is 0.502 e. The Morgan fingerprint density at radius 1 is 1.08 bits per heavy atom. The first-order valence-corrected chi connectivity index (χ1v) is 12.3. The third-order valence-corrected chi connectivity index (χ3v) is 6.90. The van der Waals surface area contributed by atoms with Gasteiger partial charge in [-0.2, -0.15) is 0 Å². The molecule has 1 amide bonds. The lowest BCUT2D eigenvalue weighted by Gasteiger charge is -2.16. The molecule has 3 N–H and O–H groups in total. The van der Waals surface area contributed by atoms with Gasteiger partial charge in [-0.15, -0.1) is 0 Å². The minimum Gasteiger partial charge on any atom is -0.502 e. The quantitative estimate of drug-likeness (QED) is 0.323. The van der Waals surface area contributed by atoms with Crippen LogP contribution < -0.4 is 15.7 Å². The number of rotatable bonds is 6. The molecular weight excluding hydrogens is 476 g/mol. The summed E-state index contributed by atoms with van der Waals surface area (Å²) in [6.45, 7) is 5.61. The van der Waals surface area contributed by atoms with Crippen LogP contribution >= 0.6 is 0 Å². The third-order valence-electron chi connectivity index (χ3n) is 6.90. The maximum Gasteiger partial charge on any atom is 0.274 e. The molecule has 1 saturated heterocycles. The minimum absolute atomic E-state index is 0.0372. The van der Waals surface area contributed by atoms with E-state index < -0.39 is 11.2 Å². The number of aromatic nitrogens is 3. The van der Waals surface area contributed by atoms with Crippen molar-refractivity contribution in [2.45, 2.75) is 32.7 Å². The van der Waals surface area contributed by atoms with Crippen LogP contribution in [0.25, 0.3) is 44.2 Å². The Labute approximate surface area is 210 Å². The normalized spacial score (nSPS) is 14.1. The van der Waals surface area contributed by atoms with Crippen LogP contribution in [0.2, 0.25) is 0 Å². The van der Waals surface area contributed by atoms with E-state index in [0.717, 1.165) is 13.0 Å². The van der Waals surface area contributed by atoms with E-state index in [0.29, 0.717) is 64.0 Å². The van der Waals surface area contributed by atoms with Crippen molar-refractivity contribution in [1.29, 1.82) is 0 Å². The van der Waals surface area contributed by atoms with Gasteiger partial charge in [0.05, 0.1) is 17.4 Å². The van der Waals surface area contributed by atoms with Crippen LogP contribution in [0.1, 0.15) is 32.7 Å². The third kappa shape index (κ3) is 3.67. The predicted octanol–water partition coefficient (Wildman–Crippen LogP) is 3.87. The molecule has 4 heterocycles. The summed E-state index contributed by atoms with van der Waals surface area (Å²) in [6, 6.07) is 10.1. The molecule has 1 fully saturated rings. The predicted molar refractivity (Wildman–Crippen MR) is 139 cm³/mol. The number of nitrogens with one attached hydrogen (secondary N) is 2. The molecule has 37 heavy (non-hydrogen) atoms. The minimum atomic E-state index is -0.542. The Morgan fingerprint density at radius 2 is 1.86 bits per heavy atom. The molecule has 190 valence electrons. The fourth-order valence-electron chi connectivity index (χ4n) is 5.06. The first-order valence-electron chi connectivity index (χ1n) is 12.3. The van der Waals surface area contributed by atoms with Crippen LogP contribution in [0.15, 0.2) is 50.4 Å². The van der Waals surface area contributed by atoms with Crippen LogP contribution in [0.4, 0.5) is 0 Å². The summed E-state index contributed by atoms with van der Waals surface area (Å²) in [5.41, 5.74) is 1.98. The Balaban J connectivity index is 1.48. The molecule has 3 aromatic heterocycles. The van der Waals surface area contributed by atoms with E-state index in [1.165, 1.54) is 6.07 Å². The van der Waals surface area contributed by atoms with Crippen molar-refractivity contribution in [2.24, 2.45) is 0 Å². The van der Waals surface area contributed by atoms with Crippen molar-refractivity contribution in [1.82, 2.24) is 19.7 Å². The number of hydrogen-bond donors (Lipinski definition) is 3. The lowest BCUT2D eigenvalue weighted by Crippen LogP contribution is -2.29.